The number of aromatic nitrogens is 3. The summed E-state index contributed by atoms with van der Waals surface area (Å²) in [7, 11) is 0. The fourth-order valence-electron chi connectivity index (χ4n) is 6.26. The molecule has 2 saturated heterocycles. The molecule has 2 fully saturated rings. The Kier molecular flexibility index (Phi) is 8.62. The highest BCUT2D eigenvalue weighted by Crippen LogP contribution is 2.34. The summed E-state index contributed by atoms with van der Waals surface area (Å²) in [5, 5.41) is 21.4. The van der Waals surface area contributed by atoms with E-state index < -0.39 is 29.1 Å². The number of anilines is 1. The van der Waals surface area contributed by atoms with Crippen LogP contribution in [0.2, 0.25) is 0 Å². The van der Waals surface area contributed by atoms with Crippen molar-refractivity contribution >= 4 is 34.3 Å². The number of aliphatic hydroxyl groups is 1. The van der Waals surface area contributed by atoms with E-state index in [1.165, 1.54) is 6.07 Å². The van der Waals surface area contributed by atoms with Crippen LogP contribution >= 0.6 is 0 Å². The van der Waals surface area contributed by atoms with E-state index in [2.05, 4.69) is 20.5 Å². The van der Waals surface area contributed by atoms with E-state index in [9.17, 15) is 32.7 Å². The summed E-state index contributed by atoms with van der Waals surface area (Å²) in [6, 6.07) is 14.6. The number of piperidine rings is 2. The first-order valence-electron chi connectivity index (χ1n) is 15.5. The van der Waals surface area contributed by atoms with Crippen LogP contribution in [-0.2, 0) is 27.9 Å². The number of nitrogens with one attached hydrogen (secondary N) is 2. The van der Waals surface area contributed by atoms with Gasteiger partial charge in [0.2, 0.25) is 11.8 Å². The molecule has 2 aromatic carbocycles. The third kappa shape index (κ3) is 7.20. The van der Waals surface area contributed by atoms with Crippen LogP contribution in [0.3, 0.4) is 0 Å². The monoisotopic (exact) mass is 648 g/mol. The van der Waals surface area contributed by atoms with Crippen molar-refractivity contribution in [1.29, 1.82) is 0 Å². The molecule has 0 bridgehead atoms. The quantitative estimate of drug-likeness (QED) is 0.233. The average Bonchev–Trinajstić information content (AvgIpc) is 3.44. The third-order valence-electron chi connectivity index (χ3n) is 8.80. The molecular weight excluding hydrogens is 613 g/mol. The smallest absolute Gasteiger partial charge is 0.386 e. The first-order valence-corrected chi connectivity index (χ1v) is 15.5. The van der Waals surface area contributed by atoms with E-state index in [-0.39, 0.29) is 29.5 Å². The molecular formula is C34H35F3N6O4. The van der Waals surface area contributed by atoms with Gasteiger partial charge in [-0.15, -0.1) is 0 Å². The molecule has 4 aromatic rings. The number of nitrogens with zero attached hydrogens (tertiary/aromatic N) is 4. The second-order valence-electron chi connectivity index (χ2n) is 12.7. The number of benzene rings is 2. The summed E-state index contributed by atoms with van der Waals surface area (Å²) < 4.78 is 41.4. The summed E-state index contributed by atoms with van der Waals surface area (Å²) in [5.41, 5.74) is 0.349. The van der Waals surface area contributed by atoms with Gasteiger partial charge in [-0.3, -0.25) is 29.3 Å². The lowest BCUT2D eigenvalue weighted by atomic mass is 9.90. The number of pyridine rings is 1. The van der Waals surface area contributed by atoms with Crippen molar-refractivity contribution in [3.63, 3.8) is 0 Å². The molecule has 6 rings (SSSR count). The Morgan fingerprint density at radius 3 is 2.43 bits per heavy atom. The molecule has 47 heavy (non-hydrogen) atoms. The van der Waals surface area contributed by atoms with Gasteiger partial charge in [0.1, 0.15) is 11.4 Å². The van der Waals surface area contributed by atoms with Gasteiger partial charge in [0.15, 0.2) is 0 Å². The molecule has 2 aliphatic rings. The highest BCUT2D eigenvalue weighted by molar-refractivity contribution is 6.04. The number of hydrogen-bond donors (Lipinski definition) is 3. The van der Waals surface area contributed by atoms with Crippen molar-refractivity contribution in [3.05, 3.63) is 88.9 Å². The van der Waals surface area contributed by atoms with Crippen molar-refractivity contribution in [2.24, 2.45) is 0 Å². The van der Waals surface area contributed by atoms with Gasteiger partial charge in [-0.2, -0.15) is 18.3 Å². The Morgan fingerprint density at radius 1 is 1.04 bits per heavy atom. The van der Waals surface area contributed by atoms with Gasteiger partial charge in [-0.1, -0.05) is 30.3 Å². The van der Waals surface area contributed by atoms with Crippen LogP contribution in [0.1, 0.15) is 84.4 Å². The van der Waals surface area contributed by atoms with Gasteiger partial charge in [-0.05, 0) is 68.5 Å². The second-order valence-corrected chi connectivity index (χ2v) is 12.7. The Balaban J connectivity index is 1.12. The molecule has 13 heteroatoms. The van der Waals surface area contributed by atoms with Gasteiger partial charge in [0.25, 0.3) is 5.91 Å². The van der Waals surface area contributed by atoms with Crippen molar-refractivity contribution in [3.8, 4) is 0 Å². The molecule has 0 radical (unpaired) electrons. The minimum absolute atomic E-state index is 0.131. The number of fused-ring (bicyclic) bond motifs is 1. The summed E-state index contributed by atoms with van der Waals surface area (Å²) >= 11 is 0. The lowest BCUT2D eigenvalue weighted by Gasteiger charge is -2.32. The Morgan fingerprint density at radius 2 is 1.77 bits per heavy atom. The van der Waals surface area contributed by atoms with Gasteiger partial charge in [-0.25, -0.2) is 4.98 Å². The molecule has 1 unspecified atom stereocenters. The van der Waals surface area contributed by atoms with Crippen LogP contribution < -0.4 is 10.6 Å². The summed E-state index contributed by atoms with van der Waals surface area (Å²) in [5.74, 6) is -1.60. The van der Waals surface area contributed by atoms with Gasteiger partial charge >= 0.3 is 6.18 Å². The molecule has 0 spiro atoms. The summed E-state index contributed by atoms with van der Waals surface area (Å²) in [6.45, 7) is 5.57. The fourth-order valence-corrected chi connectivity index (χ4v) is 6.26. The zero-order valence-corrected chi connectivity index (χ0v) is 26.0. The Labute approximate surface area is 269 Å². The van der Waals surface area contributed by atoms with E-state index in [1.807, 2.05) is 35.1 Å². The molecule has 1 atom stereocenters. The molecule has 2 aromatic heterocycles. The number of imide groups is 1. The topological polar surface area (TPSA) is 129 Å². The zero-order valence-electron chi connectivity index (χ0n) is 26.0. The number of alkyl halides is 3. The number of hydrogen-bond acceptors (Lipinski definition) is 7. The maximum absolute atomic E-state index is 13.2. The number of amides is 3. The normalized spacial score (nSPS) is 18.4. The molecule has 0 saturated carbocycles. The van der Waals surface area contributed by atoms with Crippen molar-refractivity contribution in [2.45, 2.75) is 69.8 Å². The molecule has 0 aliphatic carbocycles. The first kappa shape index (κ1) is 32.3. The lowest BCUT2D eigenvalue weighted by Crippen LogP contribution is -2.39. The van der Waals surface area contributed by atoms with Crippen molar-refractivity contribution in [1.82, 2.24) is 25.0 Å². The van der Waals surface area contributed by atoms with Crippen LogP contribution in [0.5, 0.6) is 0 Å². The largest absolute Gasteiger partial charge is 0.433 e. The SMILES string of the molecule is CC(C)(O)c1cc2nn(C3CCN(Cc4ccc(C5CCC(=O)NC5=O)cc4)CC3)cc2cc1NC(=O)c1cccc(C(F)(F)F)n1. The average molecular weight is 649 g/mol. The van der Waals surface area contributed by atoms with Crippen LogP contribution in [-0.4, -0.2) is 55.6 Å². The predicted octanol–water partition coefficient (Wildman–Crippen LogP) is 5.29. The molecule has 3 amide bonds. The van der Waals surface area contributed by atoms with Crippen molar-refractivity contribution in [2.75, 3.05) is 18.4 Å². The number of likely N-dealkylation sites (tertiary alicyclic amines) is 1. The molecule has 246 valence electrons. The van der Waals surface area contributed by atoms with E-state index in [0.717, 1.165) is 55.7 Å². The minimum Gasteiger partial charge on any atom is -0.386 e. The number of rotatable bonds is 7. The molecule has 4 heterocycles. The summed E-state index contributed by atoms with van der Waals surface area (Å²) in [4.78, 5) is 42.5. The Bertz CT molecular complexity index is 1820. The highest BCUT2D eigenvalue weighted by atomic mass is 19.4. The van der Waals surface area contributed by atoms with Crippen LogP contribution in [0, 0.1) is 0 Å². The summed E-state index contributed by atoms with van der Waals surface area (Å²) in [6.07, 6.45) is -0.236. The standard InChI is InChI=1S/C34H35F3N6O4/c1-33(2,47)25-17-27-22(16-28(25)39-32(46)26-4-3-5-29(38-26)34(35,36)37)19-43(41-27)23-12-14-42(15-13-23)18-20-6-8-21(9-7-20)24-10-11-30(44)40-31(24)45/h3-9,16-17,19,23-24,47H,10-15,18H2,1-2H3,(H,39,46)(H,40,44,45). The number of carbonyl (C=O) groups is 3. The van der Waals surface area contributed by atoms with E-state index in [1.54, 1.807) is 26.0 Å². The van der Waals surface area contributed by atoms with Gasteiger partial charge < -0.3 is 10.4 Å². The highest BCUT2D eigenvalue weighted by Gasteiger charge is 2.33. The van der Waals surface area contributed by atoms with Crippen LogP contribution in [0.25, 0.3) is 10.9 Å². The molecule has 10 nitrogen and oxygen atoms in total. The molecule has 3 N–H and O–H groups in total. The minimum atomic E-state index is -4.69. The first-order chi connectivity index (χ1) is 22.2. The molecule has 2 aliphatic heterocycles. The predicted molar refractivity (Wildman–Crippen MR) is 167 cm³/mol. The van der Waals surface area contributed by atoms with Crippen LogP contribution in [0.15, 0.2) is 60.8 Å². The van der Waals surface area contributed by atoms with Crippen LogP contribution in [0.4, 0.5) is 18.9 Å². The third-order valence-corrected chi connectivity index (χ3v) is 8.80. The Hall–Kier alpha value is -4.62. The van der Waals surface area contributed by atoms with Gasteiger partial charge in [0.05, 0.1) is 23.1 Å². The maximum atomic E-state index is 13.2. The number of carbonyl (C=O) groups excluding carboxylic acids is 3. The zero-order chi connectivity index (χ0) is 33.5. The number of halogens is 3. The second kappa shape index (κ2) is 12.5. The van der Waals surface area contributed by atoms with E-state index >= 15 is 0 Å². The lowest BCUT2D eigenvalue weighted by molar-refractivity contribution is -0.141. The van der Waals surface area contributed by atoms with Crippen molar-refractivity contribution < 1.29 is 32.7 Å². The van der Waals surface area contributed by atoms with E-state index in [4.69, 9.17) is 5.10 Å². The fraction of sp³-hybridized carbons (Fsp3) is 0.382. The maximum Gasteiger partial charge on any atom is 0.433 e. The van der Waals surface area contributed by atoms with Gasteiger partial charge in [0, 0.05) is 48.9 Å². The van der Waals surface area contributed by atoms with E-state index in [0.29, 0.717) is 29.3 Å².